The lowest BCUT2D eigenvalue weighted by atomic mass is 10.3. The molecule has 0 bridgehead atoms. The van der Waals surface area contributed by atoms with Crippen molar-refractivity contribution in [2.75, 3.05) is 7.11 Å². The van der Waals surface area contributed by atoms with E-state index >= 15 is 0 Å². The Kier molecular flexibility index (Phi) is 2.77. The molecule has 0 aliphatic carbocycles. The summed E-state index contributed by atoms with van der Waals surface area (Å²) in [4.78, 5) is 12.6. The van der Waals surface area contributed by atoms with Crippen molar-refractivity contribution in [1.82, 2.24) is 24.6 Å². The normalized spacial score (nSPS) is 11.5. The molecule has 6 nitrogen and oxygen atoms in total. The Morgan fingerprint density at radius 1 is 1.33 bits per heavy atom. The summed E-state index contributed by atoms with van der Waals surface area (Å²) in [5.74, 6) is 0.522. The van der Waals surface area contributed by atoms with E-state index in [4.69, 9.17) is 27.9 Å². The van der Waals surface area contributed by atoms with E-state index in [1.807, 2.05) is 0 Å². The maximum Gasteiger partial charge on any atom is 0.227 e. The van der Waals surface area contributed by atoms with E-state index in [9.17, 15) is 0 Å². The summed E-state index contributed by atoms with van der Waals surface area (Å²) in [6, 6.07) is 1.73. The summed E-state index contributed by atoms with van der Waals surface area (Å²) in [7, 11) is 1.57. The molecule has 0 N–H and O–H groups in total. The van der Waals surface area contributed by atoms with Gasteiger partial charge in [0, 0.05) is 13.3 Å². The molecule has 92 valence electrons. The molecule has 0 radical (unpaired) electrons. The number of halogens is 2. The van der Waals surface area contributed by atoms with Gasteiger partial charge in [-0.3, -0.25) is 0 Å². The van der Waals surface area contributed by atoms with Crippen LogP contribution in [0.15, 0.2) is 12.3 Å². The zero-order chi connectivity index (χ0) is 12.7. The Labute approximate surface area is 112 Å². The monoisotopic (exact) mass is 283 g/mol. The van der Waals surface area contributed by atoms with Crippen LogP contribution < -0.4 is 0 Å². The lowest BCUT2D eigenvalue weighted by Gasteiger charge is -2.00. The van der Waals surface area contributed by atoms with Gasteiger partial charge in [0.15, 0.2) is 17.1 Å². The number of hydrogen-bond acceptors (Lipinski definition) is 5. The van der Waals surface area contributed by atoms with Gasteiger partial charge in [-0.15, -0.1) is 5.10 Å². The molecule has 0 atom stereocenters. The summed E-state index contributed by atoms with van der Waals surface area (Å²) in [5.41, 5.74) is 1.04. The van der Waals surface area contributed by atoms with Crippen molar-refractivity contribution in [3.8, 4) is 0 Å². The molecule has 0 unspecified atom stereocenters. The topological polar surface area (TPSA) is 65.2 Å². The van der Waals surface area contributed by atoms with Gasteiger partial charge in [0.25, 0.3) is 0 Å². The van der Waals surface area contributed by atoms with Crippen molar-refractivity contribution >= 4 is 39.9 Å². The number of aromatic nitrogens is 5. The molecule has 0 spiro atoms. The molecule has 8 heteroatoms. The third-order valence-electron chi connectivity index (χ3n) is 2.37. The first kappa shape index (κ1) is 11.6. The highest BCUT2D eigenvalue weighted by Crippen LogP contribution is 2.22. The van der Waals surface area contributed by atoms with E-state index in [0.29, 0.717) is 34.1 Å². The Morgan fingerprint density at radius 2 is 2.17 bits per heavy atom. The number of methoxy groups -OCH3 is 1. The van der Waals surface area contributed by atoms with Crippen LogP contribution in [0.3, 0.4) is 0 Å². The average molecular weight is 284 g/mol. The summed E-state index contributed by atoms with van der Waals surface area (Å²) >= 11 is 11.9. The van der Waals surface area contributed by atoms with Crippen LogP contribution in [-0.4, -0.2) is 31.7 Å². The minimum Gasteiger partial charge on any atom is -0.377 e. The van der Waals surface area contributed by atoms with Gasteiger partial charge in [0.1, 0.15) is 6.61 Å². The van der Waals surface area contributed by atoms with Crippen LogP contribution in [0.1, 0.15) is 5.82 Å². The molecule has 3 rings (SSSR count). The Bertz CT molecular complexity index is 742. The highest BCUT2D eigenvalue weighted by molar-refractivity contribution is 6.31. The lowest BCUT2D eigenvalue weighted by molar-refractivity contribution is 0.178. The molecular weight excluding hydrogens is 277 g/mol. The molecule has 3 aromatic rings. The van der Waals surface area contributed by atoms with Crippen molar-refractivity contribution in [2.24, 2.45) is 0 Å². The van der Waals surface area contributed by atoms with E-state index in [1.54, 1.807) is 13.2 Å². The highest BCUT2D eigenvalue weighted by Gasteiger charge is 2.13. The van der Waals surface area contributed by atoms with Gasteiger partial charge in [-0.25, -0.2) is 9.97 Å². The predicted molar refractivity (Wildman–Crippen MR) is 66.8 cm³/mol. The van der Waals surface area contributed by atoms with Crippen molar-refractivity contribution in [1.29, 1.82) is 0 Å². The molecule has 0 aliphatic heterocycles. The fourth-order valence-electron chi connectivity index (χ4n) is 1.67. The van der Waals surface area contributed by atoms with Crippen molar-refractivity contribution in [2.45, 2.75) is 6.61 Å². The van der Waals surface area contributed by atoms with Crippen LogP contribution in [0.5, 0.6) is 0 Å². The van der Waals surface area contributed by atoms with E-state index in [-0.39, 0.29) is 5.28 Å². The first-order valence-corrected chi connectivity index (χ1v) is 5.80. The number of nitrogens with zero attached hydrogens (tertiary/aromatic N) is 5. The van der Waals surface area contributed by atoms with Crippen LogP contribution in [0, 0.1) is 0 Å². The fraction of sp³-hybridized carbons (Fsp3) is 0.200. The van der Waals surface area contributed by atoms with E-state index in [0.717, 1.165) is 0 Å². The van der Waals surface area contributed by atoms with E-state index in [1.165, 1.54) is 10.7 Å². The fourth-order valence-corrected chi connectivity index (χ4v) is 2.02. The summed E-state index contributed by atoms with van der Waals surface area (Å²) in [5, 5.41) is 5.59. The zero-order valence-corrected chi connectivity index (χ0v) is 10.8. The van der Waals surface area contributed by atoms with Crippen LogP contribution in [-0.2, 0) is 11.3 Å². The van der Waals surface area contributed by atoms with Gasteiger partial charge in [-0.05, 0) is 17.7 Å². The lowest BCUT2D eigenvalue weighted by Crippen LogP contribution is -1.96. The van der Waals surface area contributed by atoms with Gasteiger partial charge >= 0.3 is 0 Å². The standard InChI is InChI=1S/C10H7Cl2N5O/c1-18-4-7-14-9-6-2-5(11)3-13-8(6)15-10(12)17(9)16-7/h2-3H,4H2,1H3. The molecule has 0 fully saturated rings. The molecule has 0 saturated carbocycles. The third-order valence-corrected chi connectivity index (χ3v) is 2.82. The number of hydrogen-bond donors (Lipinski definition) is 0. The highest BCUT2D eigenvalue weighted by atomic mass is 35.5. The molecule has 0 aromatic carbocycles. The summed E-state index contributed by atoms with van der Waals surface area (Å²) in [6.45, 7) is 0.299. The maximum absolute atomic E-state index is 6.02. The number of pyridine rings is 1. The Balaban J connectivity index is 2.39. The van der Waals surface area contributed by atoms with Gasteiger partial charge in [-0.2, -0.15) is 9.50 Å². The van der Waals surface area contributed by atoms with E-state index < -0.39 is 0 Å². The SMILES string of the molecule is COCc1nc2c3cc(Cl)cnc3nc(Cl)n2n1. The molecule has 0 aliphatic rings. The predicted octanol–water partition coefficient (Wildman–Crippen LogP) is 2.13. The third kappa shape index (κ3) is 1.78. The molecule has 3 aromatic heterocycles. The van der Waals surface area contributed by atoms with Crippen LogP contribution in [0.2, 0.25) is 10.3 Å². The van der Waals surface area contributed by atoms with Crippen molar-refractivity contribution < 1.29 is 4.74 Å². The maximum atomic E-state index is 6.02. The molecular formula is C10H7Cl2N5O. The first-order valence-electron chi connectivity index (χ1n) is 5.04. The van der Waals surface area contributed by atoms with Crippen LogP contribution in [0.4, 0.5) is 0 Å². The Hall–Kier alpha value is -1.50. The van der Waals surface area contributed by atoms with Crippen molar-refractivity contribution in [3.63, 3.8) is 0 Å². The molecule has 0 amide bonds. The van der Waals surface area contributed by atoms with Crippen LogP contribution >= 0.6 is 23.2 Å². The number of rotatable bonds is 2. The van der Waals surface area contributed by atoms with E-state index in [2.05, 4.69) is 20.1 Å². The van der Waals surface area contributed by atoms with Gasteiger partial charge in [-0.1, -0.05) is 11.6 Å². The van der Waals surface area contributed by atoms with Gasteiger partial charge in [0.05, 0.1) is 10.4 Å². The van der Waals surface area contributed by atoms with Crippen molar-refractivity contribution in [3.05, 3.63) is 28.4 Å². The minimum absolute atomic E-state index is 0.196. The molecule has 3 heterocycles. The molecule has 0 saturated heterocycles. The van der Waals surface area contributed by atoms with Gasteiger partial charge < -0.3 is 4.74 Å². The minimum atomic E-state index is 0.196. The second-order valence-electron chi connectivity index (χ2n) is 3.60. The van der Waals surface area contributed by atoms with Gasteiger partial charge in [0.2, 0.25) is 5.28 Å². The smallest absolute Gasteiger partial charge is 0.227 e. The summed E-state index contributed by atoms with van der Waals surface area (Å²) < 4.78 is 6.43. The number of ether oxygens (including phenoxy) is 1. The number of fused-ring (bicyclic) bond motifs is 3. The largest absolute Gasteiger partial charge is 0.377 e. The first-order chi connectivity index (χ1) is 8.69. The molecule has 18 heavy (non-hydrogen) atoms. The zero-order valence-electron chi connectivity index (χ0n) is 9.26. The van der Waals surface area contributed by atoms with Crippen LogP contribution in [0.25, 0.3) is 16.7 Å². The quantitative estimate of drug-likeness (QED) is 0.674. The second-order valence-corrected chi connectivity index (χ2v) is 4.38. The second kappa shape index (κ2) is 4.31. The Morgan fingerprint density at radius 3 is 2.94 bits per heavy atom. The summed E-state index contributed by atoms with van der Waals surface area (Å²) in [6.07, 6.45) is 1.51. The average Bonchev–Trinajstić information content (AvgIpc) is 2.76.